The summed E-state index contributed by atoms with van der Waals surface area (Å²) in [5.41, 5.74) is 4.25. The van der Waals surface area contributed by atoms with Gasteiger partial charge in [0.05, 0.1) is 5.97 Å². The van der Waals surface area contributed by atoms with Crippen LogP contribution >= 0.6 is 0 Å². The molecule has 0 atom stereocenters. The Labute approximate surface area is 126 Å². The lowest BCUT2D eigenvalue weighted by Crippen LogP contribution is -2.23. The zero-order valence-corrected chi connectivity index (χ0v) is 12.7. The van der Waals surface area contributed by atoms with E-state index in [2.05, 4.69) is 19.1 Å². The van der Waals surface area contributed by atoms with Gasteiger partial charge in [-0.05, 0) is 36.5 Å². The van der Waals surface area contributed by atoms with Gasteiger partial charge in [0.25, 0.3) is 0 Å². The van der Waals surface area contributed by atoms with Crippen molar-refractivity contribution in [2.45, 2.75) is 39.5 Å². The molecule has 0 unspecified atom stereocenters. The molecule has 110 valence electrons. The number of hydrogen-bond acceptors (Lipinski definition) is 2. The molecule has 0 aromatic heterocycles. The summed E-state index contributed by atoms with van der Waals surface area (Å²) in [4.78, 5) is 11.2. The molecule has 0 aliphatic heterocycles. The molecule has 0 aliphatic rings. The van der Waals surface area contributed by atoms with Crippen LogP contribution in [0.3, 0.4) is 0 Å². The van der Waals surface area contributed by atoms with Crippen LogP contribution in [0.2, 0.25) is 0 Å². The summed E-state index contributed by atoms with van der Waals surface area (Å²) in [5.74, 6) is -1.13. The molecule has 2 aromatic carbocycles. The van der Waals surface area contributed by atoms with Crippen LogP contribution in [-0.2, 0) is 6.42 Å². The predicted octanol–water partition coefficient (Wildman–Crippen LogP) is 3.76. The first-order chi connectivity index (χ1) is 10.1. The SMILES string of the molecule is CCCCCc1ccc(-c2cc(C)ccc2C(=O)[O-])cc1. The van der Waals surface area contributed by atoms with E-state index in [9.17, 15) is 9.90 Å². The molecule has 0 N–H and O–H groups in total. The summed E-state index contributed by atoms with van der Waals surface area (Å²) >= 11 is 0. The van der Waals surface area contributed by atoms with Gasteiger partial charge in [-0.25, -0.2) is 0 Å². The topological polar surface area (TPSA) is 40.1 Å². The first-order valence-electron chi connectivity index (χ1n) is 7.53. The van der Waals surface area contributed by atoms with Crippen LogP contribution in [0.25, 0.3) is 11.1 Å². The number of aryl methyl sites for hydroxylation is 2. The minimum absolute atomic E-state index is 0.249. The second kappa shape index (κ2) is 7.07. The van der Waals surface area contributed by atoms with Gasteiger partial charge < -0.3 is 9.90 Å². The first-order valence-corrected chi connectivity index (χ1v) is 7.53. The smallest absolute Gasteiger partial charge is 0.0721 e. The van der Waals surface area contributed by atoms with E-state index < -0.39 is 5.97 Å². The highest BCUT2D eigenvalue weighted by Gasteiger charge is 2.06. The second-order valence-electron chi connectivity index (χ2n) is 5.49. The summed E-state index contributed by atoms with van der Waals surface area (Å²) in [5, 5.41) is 11.2. The van der Waals surface area contributed by atoms with Gasteiger partial charge in [-0.15, -0.1) is 0 Å². The van der Waals surface area contributed by atoms with Crippen molar-refractivity contribution in [3.63, 3.8) is 0 Å². The van der Waals surface area contributed by atoms with Gasteiger partial charge in [-0.2, -0.15) is 0 Å². The zero-order valence-electron chi connectivity index (χ0n) is 12.7. The highest BCUT2D eigenvalue weighted by Crippen LogP contribution is 2.25. The molecule has 0 radical (unpaired) electrons. The van der Waals surface area contributed by atoms with Crippen LogP contribution in [-0.4, -0.2) is 5.97 Å². The molecule has 2 nitrogen and oxygen atoms in total. The number of unbranched alkanes of at least 4 members (excludes halogenated alkanes) is 2. The molecular weight excluding hydrogens is 260 g/mol. The Morgan fingerprint density at radius 2 is 1.76 bits per heavy atom. The van der Waals surface area contributed by atoms with Crippen molar-refractivity contribution in [2.24, 2.45) is 0 Å². The van der Waals surface area contributed by atoms with E-state index in [1.54, 1.807) is 12.1 Å². The quantitative estimate of drug-likeness (QED) is 0.756. The van der Waals surface area contributed by atoms with Crippen molar-refractivity contribution in [2.75, 3.05) is 0 Å². The van der Waals surface area contributed by atoms with Gasteiger partial charge in [0, 0.05) is 5.56 Å². The van der Waals surface area contributed by atoms with Crippen LogP contribution in [0, 0.1) is 6.92 Å². The Morgan fingerprint density at radius 1 is 1.05 bits per heavy atom. The third kappa shape index (κ3) is 3.94. The summed E-state index contributed by atoms with van der Waals surface area (Å²) in [6.45, 7) is 4.16. The van der Waals surface area contributed by atoms with Crippen molar-refractivity contribution in [1.82, 2.24) is 0 Å². The standard InChI is InChI=1S/C19H22O2/c1-3-4-5-6-15-8-10-16(11-9-15)18-13-14(2)7-12-17(18)19(20)21/h7-13H,3-6H2,1-2H3,(H,20,21)/p-1. The number of carbonyl (C=O) groups excluding carboxylic acids is 1. The van der Waals surface area contributed by atoms with Gasteiger partial charge in [0.1, 0.15) is 0 Å². The van der Waals surface area contributed by atoms with E-state index in [1.165, 1.54) is 24.8 Å². The van der Waals surface area contributed by atoms with E-state index in [0.717, 1.165) is 23.1 Å². The average Bonchev–Trinajstić information content (AvgIpc) is 2.48. The van der Waals surface area contributed by atoms with Crippen LogP contribution in [0.15, 0.2) is 42.5 Å². The molecule has 0 fully saturated rings. The van der Waals surface area contributed by atoms with Gasteiger partial charge in [-0.1, -0.05) is 67.8 Å². The predicted molar refractivity (Wildman–Crippen MR) is 84.2 cm³/mol. The fraction of sp³-hybridized carbons (Fsp3) is 0.316. The molecule has 2 aromatic rings. The maximum Gasteiger partial charge on any atom is 0.0721 e. The summed E-state index contributed by atoms with van der Waals surface area (Å²) in [6.07, 6.45) is 4.74. The fourth-order valence-electron chi connectivity index (χ4n) is 2.51. The van der Waals surface area contributed by atoms with Crippen molar-refractivity contribution in [1.29, 1.82) is 0 Å². The third-order valence-corrected chi connectivity index (χ3v) is 3.73. The van der Waals surface area contributed by atoms with E-state index in [1.807, 2.05) is 25.1 Å². The van der Waals surface area contributed by atoms with Crippen molar-refractivity contribution >= 4 is 5.97 Å². The molecule has 21 heavy (non-hydrogen) atoms. The van der Waals surface area contributed by atoms with Crippen LogP contribution in [0.1, 0.15) is 47.7 Å². The molecule has 0 aliphatic carbocycles. The Kier molecular flexibility index (Phi) is 5.15. The number of carboxylic acid groups (broad SMARTS) is 1. The Morgan fingerprint density at radius 3 is 2.38 bits per heavy atom. The number of carbonyl (C=O) groups is 1. The van der Waals surface area contributed by atoms with Gasteiger partial charge in [0.15, 0.2) is 0 Å². The number of rotatable bonds is 6. The number of benzene rings is 2. The lowest BCUT2D eigenvalue weighted by atomic mass is 9.96. The van der Waals surface area contributed by atoms with E-state index in [4.69, 9.17) is 0 Å². The van der Waals surface area contributed by atoms with Crippen molar-refractivity contribution in [3.05, 3.63) is 59.2 Å². The van der Waals surface area contributed by atoms with E-state index in [-0.39, 0.29) is 5.56 Å². The average molecular weight is 281 g/mol. The normalized spacial score (nSPS) is 10.6. The summed E-state index contributed by atoms with van der Waals surface area (Å²) in [7, 11) is 0. The van der Waals surface area contributed by atoms with Crippen molar-refractivity contribution < 1.29 is 9.90 Å². The molecule has 0 spiro atoms. The van der Waals surface area contributed by atoms with Crippen LogP contribution < -0.4 is 5.11 Å². The summed E-state index contributed by atoms with van der Waals surface area (Å²) < 4.78 is 0. The number of hydrogen-bond donors (Lipinski definition) is 0. The second-order valence-corrected chi connectivity index (χ2v) is 5.49. The Bertz CT molecular complexity index is 612. The molecule has 0 bridgehead atoms. The first kappa shape index (κ1) is 15.3. The van der Waals surface area contributed by atoms with Crippen LogP contribution in [0.4, 0.5) is 0 Å². The maximum atomic E-state index is 11.2. The monoisotopic (exact) mass is 281 g/mol. The maximum absolute atomic E-state index is 11.2. The largest absolute Gasteiger partial charge is 0.545 e. The minimum atomic E-state index is -1.13. The molecule has 0 amide bonds. The molecular formula is C19H21O2-. The van der Waals surface area contributed by atoms with Gasteiger partial charge in [-0.3, -0.25) is 0 Å². The molecule has 2 rings (SSSR count). The third-order valence-electron chi connectivity index (χ3n) is 3.73. The highest BCUT2D eigenvalue weighted by atomic mass is 16.4. The molecule has 0 saturated heterocycles. The zero-order chi connectivity index (χ0) is 15.2. The van der Waals surface area contributed by atoms with E-state index >= 15 is 0 Å². The number of aromatic carboxylic acids is 1. The Balaban J connectivity index is 2.26. The number of carboxylic acids is 1. The van der Waals surface area contributed by atoms with Gasteiger partial charge in [0.2, 0.25) is 0 Å². The van der Waals surface area contributed by atoms with Crippen LogP contribution in [0.5, 0.6) is 0 Å². The summed E-state index contributed by atoms with van der Waals surface area (Å²) in [6, 6.07) is 13.5. The van der Waals surface area contributed by atoms with Crippen molar-refractivity contribution in [3.8, 4) is 11.1 Å². The fourth-order valence-corrected chi connectivity index (χ4v) is 2.51. The molecule has 2 heteroatoms. The molecule has 0 saturated carbocycles. The Hall–Kier alpha value is -2.09. The lowest BCUT2D eigenvalue weighted by molar-refractivity contribution is -0.254. The lowest BCUT2D eigenvalue weighted by Gasteiger charge is -2.12. The molecule has 0 heterocycles. The van der Waals surface area contributed by atoms with E-state index in [0.29, 0.717) is 0 Å². The van der Waals surface area contributed by atoms with Gasteiger partial charge >= 0.3 is 0 Å². The highest BCUT2D eigenvalue weighted by molar-refractivity contribution is 5.94. The minimum Gasteiger partial charge on any atom is -0.545 e.